The van der Waals surface area contributed by atoms with Crippen LogP contribution in [0.1, 0.15) is 13.3 Å². The molecule has 0 aliphatic heterocycles. The number of ether oxygens (including phenoxy) is 2. The number of hydrogen-bond donors (Lipinski definition) is 0. The van der Waals surface area contributed by atoms with Crippen LogP contribution in [0.15, 0.2) is 97.1 Å². The molecule has 0 fully saturated rings. The van der Waals surface area contributed by atoms with Gasteiger partial charge in [0.25, 0.3) is 0 Å². The Hall–Kier alpha value is -2.93. The van der Waals surface area contributed by atoms with E-state index in [-0.39, 0.29) is 13.0 Å². The normalized spacial score (nSPS) is 10.8. The molecule has 0 amide bonds. The van der Waals surface area contributed by atoms with Gasteiger partial charge in [-0.1, -0.05) is 0 Å². The molecular weight excluding hydrogens is 491 g/mol. The third kappa shape index (κ3) is 6.03. The first kappa shape index (κ1) is 21.8. The monoisotopic (exact) mass is 514 g/mol. The summed E-state index contributed by atoms with van der Waals surface area (Å²) in [6, 6.07) is 28.8. The molecule has 0 aromatic heterocycles. The van der Waals surface area contributed by atoms with E-state index in [2.05, 4.69) is 55.1 Å². The van der Waals surface area contributed by atoms with Gasteiger partial charge in [0.15, 0.2) is 0 Å². The fourth-order valence-electron chi connectivity index (χ4n) is 2.62. The van der Waals surface area contributed by atoms with Gasteiger partial charge in [-0.25, -0.2) is 0 Å². The second-order valence-electron chi connectivity index (χ2n) is 6.47. The van der Waals surface area contributed by atoms with Gasteiger partial charge < -0.3 is 0 Å². The number of halogens is 1. The summed E-state index contributed by atoms with van der Waals surface area (Å²) < 4.78 is 14.2. The molecule has 0 spiro atoms. The Bertz CT molecular complexity index is 959. The molecule has 0 radical (unpaired) electrons. The standard InChI is InChI=1S/C25H23IO4/c1-19(2)25(28)29-18-17-24(27)30-23-15-13-22(14-16-23)26(20-9-5-3-6-10-20)21-11-7-4-8-12-21/h3-16H,1,17-18H2,2H3. The van der Waals surface area contributed by atoms with Crippen LogP contribution in [0.3, 0.4) is 0 Å². The molecule has 0 saturated heterocycles. The number of carbonyl (C=O) groups is 2. The fourth-order valence-corrected chi connectivity index (χ4v) is 8.13. The molecule has 4 nitrogen and oxygen atoms in total. The van der Waals surface area contributed by atoms with Crippen LogP contribution in [-0.2, 0) is 14.3 Å². The second-order valence-corrected chi connectivity index (χ2v) is 11.8. The van der Waals surface area contributed by atoms with Crippen molar-refractivity contribution in [3.05, 3.63) is 108 Å². The molecule has 3 aromatic carbocycles. The van der Waals surface area contributed by atoms with Gasteiger partial charge in [0.1, 0.15) is 0 Å². The summed E-state index contributed by atoms with van der Waals surface area (Å²) in [5.41, 5.74) is 0.301. The van der Waals surface area contributed by atoms with Gasteiger partial charge in [0, 0.05) is 0 Å². The van der Waals surface area contributed by atoms with Crippen molar-refractivity contribution in [1.82, 2.24) is 0 Å². The first-order valence-corrected chi connectivity index (χ1v) is 12.7. The molecule has 30 heavy (non-hydrogen) atoms. The number of esters is 2. The van der Waals surface area contributed by atoms with Crippen molar-refractivity contribution in [1.29, 1.82) is 0 Å². The zero-order valence-corrected chi connectivity index (χ0v) is 18.9. The van der Waals surface area contributed by atoms with Crippen LogP contribution in [0, 0.1) is 10.7 Å². The molecule has 0 bridgehead atoms. The zero-order chi connectivity index (χ0) is 21.3. The van der Waals surface area contributed by atoms with Crippen LogP contribution in [0.4, 0.5) is 0 Å². The van der Waals surface area contributed by atoms with Crippen LogP contribution in [0.5, 0.6) is 5.75 Å². The van der Waals surface area contributed by atoms with E-state index >= 15 is 0 Å². The van der Waals surface area contributed by atoms with Crippen molar-refractivity contribution in [2.24, 2.45) is 0 Å². The molecule has 0 N–H and O–H groups in total. The van der Waals surface area contributed by atoms with Crippen molar-refractivity contribution >= 4 is 31.8 Å². The van der Waals surface area contributed by atoms with Crippen LogP contribution in [0.25, 0.3) is 0 Å². The zero-order valence-electron chi connectivity index (χ0n) is 16.7. The molecular formula is C25H23IO4. The van der Waals surface area contributed by atoms with Gasteiger partial charge in [-0.05, 0) is 0 Å². The van der Waals surface area contributed by atoms with Crippen LogP contribution >= 0.6 is 19.8 Å². The molecule has 3 aromatic rings. The fraction of sp³-hybridized carbons (Fsp3) is 0.120. The topological polar surface area (TPSA) is 52.6 Å². The SMILES string of the molecule is C=C(C)C(=O)OCCC(=O)Oc1ccc(I(c2ccccc2)c2ccccc2)cc1. The minimum absolute atomic E-state index is 0.00665. The maximum absolute atomic E-state index is 12.0. The Morgan fingerprint density at radius 2 is 1.30 bits per heavy atom. The van der Waals surface area contributed by atoms with Gasteiger partial charge in [-0.2, -0.15) is 0 Å². The van der Waals surface area contributed by atoms with Gasteiger partial charge in [0.05, 0.1) is 0 Å². The molecule has 0 aliphatic carbocycles. The molecule has 0 heterocycles. The summed E-state index contributed by atoms with van der Waals surface area (Å²) in [6.45, 7) is 5.03. The van der Waals surface area contributed by atoms with Crippen LogP contribution in [-0.4, -0.2) is 18.5 Å². The van der Waals surface area contributed by atoms with Crippen molar-refractivity contribution < 1.29 is 19.1 Å². The number of rotatable bonds is 8. The molecule has 0 aliphatic rings. The summed E-state index contributed by atoms with van der Waals surface area (Å²) in [7, 11) is 0. The average molecular weight is 514 g/mol. The van der Waals surface area contributed by atoms with Gasteiger partial charge in [-0.3, -0.25) is 0 Å². The van der Waals surface area contributed by atoms with Crippen LogP contribution in [0.2, 0.25) is 0 Å². The Morgan fingerprint density at radius 1 is 0.800 bits per heavy atom. The van der Waals surface area contributed by atoms with Crippen LogP contribution < -0.4 is 4.74 Å². The molecule has 0 saturated carbocycles. The van der Waals surface area contributed by atoms with E-state index in [1.54, 1.807) is 6.92 Å². The van der Waals surface area contributed by atoms with E-state index in [1.165, 1.54) is 10.7 Å². The first-order chi connectivity index (χ1) is 14.5. The van der Waals surface area contributed by atoms with E-state index in [0.717, 1.165) is 0 Å². The van der Waals surface area contributed by atoms with E-state index in [0.29, 0.717) is 11.3 Å². The molecule has 5 heteroatoms. The van der Waals surface area contributed by atoms with Gasteiger partial charge >= 0.3 is 184 Å². The summed E-state index contributed by atoms with van der Waals surface area (Å²) in [6.07, 6.45) is -0.00665. The quantitative estimate of drug-likeness (QED) is 0.172. The first-order valence-electron chi connectivity index (χ1n) is 9.48. The van der Waals surface area contributed by atoms with Crippen molar-refractivity contribution in [2.75, 3.05) is 6.61 Å². The van der Waals surface area contributed by atoms with E-state index in [1.807, 2.05) is 36.4 Å². The van der Waals surface area contributed by atoms with E-state index < -0.39 is 31.8 Å². The number of benzene rings is 3. The third-order valence-corrected chi connectivity index (χ3v) is 9.95. The predicted octanol–water partition coefficient (Wildman–Crippen LogP) is 5.52. The Balaban J connectivity index is 1.69. The second kappa shape index (κ2) is 10.7. The summed E-state index contributed by atoms with van der Waals surface area (Å²) in [5.74, 6) is -0.476. The predicted molar refractivity (Wildman–Crippen MR) is 125 cm³/mol. The van der Waals surface area contributed by atoms with E-state index in [4.69, 9.17) is 9.47 Å². The van der Waals surface area contributed by atoms with Crippen molar-refractivity contribution in [3.63, 3.8) is 0 Å². The summed E-state index contributed by atoms with van der Waals surface area (Å²) >= 11 is -1.83. The molecule has 154 valence electrons. The molecule has 0 unspecified atom stereocenters. The van der Waals surface area contributed by atoms with Crippen molar-refractivity contribution in [3.8, 4) is 5.75 Å². The Labute approximate surface area is 183 Å². The summed E-state index contributed by atoms with van der Waals surface area (Å²) in [4.78, 5) is 23.3. The van der Waals surface area contributed by atoms with E-state index in [9.17, 15) is 9.59 Å². The average Bonchev–Trinajstić information content (AvgIpc) is 2.76. The van der Waals surface area contributed by atoms with Gasteiger partial charge in [0.2, 0.25) is 0 Å². The Morgan fingerprint density at radius 3 is 1.80 bits per heavy atom. The maximum atomic E-state index is 12.0. The molecule has 3 rings (SSSR count). The minimum atomic E-state index is -1.83. The van der Waals surface area contributed by atoms with Crippen molar-refractivity contribution in [2.45, 2.75) is 13.3 Å². The van der Waals surface area contributed by atoms with Gasteiger partial charge in [-0.15, -0.1) is 0 Å². The summed E-state index contributed by atoms with van der Waals surface area (Å²) in [5, 5.41) is 0. The third-order valence-electron chi connectivity index (χ3n) is 4.05. The number of hydrogen-bond acceptors (Lipinski definition) is 4. The molecule has 0 atom stereocenters. The number of carbonyl (C=O) groups excluding carboxylic acids is 2. The Kier molecular flexibility index (Phi) is 7.79.